The number of halogens is 1. The Hall–Kier alpha value is -1.83. The van der Waals surface area contributed by atoms with Crippen molar-refractivity contribution in [2.24, 2.45) is 0 Å². The van der Waals surface area contributed by atoms with E-state index in [4.69, 9.17) is 0 Å². The van der Waals surface area contributed by atoms with E-state index in [0.29, 0.717) is 0 Å². The molecule has 0 saturated heterocycles. The Morgan fingerprint density at radius 2 is 2.00 bits per heavy atom. The molecule has 106 valence electrons. The van der Waals surface area contributed by atoms with Crippen LogP contribution in [0.2, 0.25) is 0 Å². The van der Waals surface area contributed by atoms with E-state index < -0.39 is 0 Å². The van der Waals surface area contributed by atoms with Crippen LogP contribution in [-0.4, -0.2) is 6.54 Å². The molecule has 0 aliphatic carbocycles. The van der Waals surface area contributed by atoms with Crippen molar-refractivity contribution in [3.05, 3.63) is 65.1 Å². The van der Waals surface area contributed by atoms with Crippen LogP contribution in [0.25, 0.3) is 5.57 Å². The van der Waals surface area contributed by atoms with Crippen molar-refractivity contribution in [2.45, 2.75) is 33.1 Å². The lowest BCUT2D eigenvalue weighted by Crippen LogP contribution is -2.14. The SMILES string of the molecule is CCCC1=CC(/C=C(\CC)c2ccc(F)cc2)=CNC1. The van der Waals surface area contributed by atoms with Crippen LogP contribution in [0.1, 0.15) is 38.7 Å². The van der Waals surface area contributed by atoms with Crippen LogP contribution in [0.4, 0.5) is 4.39 Å². The van der Waals surface area contributed by atoms with E-state index in [1.165, 1.54) is 35.3 Å². The first-order valence-corrected chi connectivity index (χ1v) is 7.32. The Balaban J connectivity index is 2.23. The molecule has 0 atom stereocenters. The van der Waals surface area contributed by atoms with E-state index in [1.807, 2.05) is 12.1 Å². The number of rotatable bonds is 5. The molecule has 0 radical (unpaired) electrons. The normalized spacial score (nSPS) is 15.4. The summed E-state index contributed by atoms with van der Waals surface area (Å²) in [6.45, 7) is 5.27. The van der Waals surface area contributed by atoms with Gasteiger partial charge in [-0.2, -0.15) is 0 Å². The Bertz CT molecular complexity index is 535. The monoisotopic (exact) mass is 271 g/mol. The lowest BCUT2D eigenvalue weighted by atomic mass is 9.98. The van der Waals surface area contributed by atoms with E-state index in [-0.39, 0.29) is 5.82 Å². The highest BCUT2D eigenvalue weighted by atomic mass is 19.1. The first-order chi connectivity index (χ1) is 9.72. The van der Waals surface area contributed by atoms with Gasteiger partial charge in [-0.3, -0.25) is 0 Å². The molecule has 1 nitrogen and oxygen atoms in total. The molecule has 0 aromatic heterocycles. The van der Waals surface area contributed by atoms with Gasteiger partial charge in [0.2, 0.25) is 0 Å². The third-order valence-electron chi connectivity index (χ3n) is 3.48. The maximum atomic E-state index is 13.0. The molecule has 1 N–H and O–H groups in total. The minimum atomic E-state index is -0.187. The van der Waals surface area contributed by atoms with Gasteiger partial charge in [0.15, 0.2) is 0 Å². The van der Waals surface area contributed by atoms with Crippen LogP contribution >= 0.6 is 0 Å². The number of nitrogens with one attached hydrogen (secondary N) is 1. The van der Waals surface area contributed by atoms with Crippen molar-refractivity contribution < 1.29 is 4.39 Å². The highest BCUT2D eigenvalue weighted by Gasteiger charge is 2.05. The van der Waals surface area contributed by atoms with Gasteiger partial charge in [0.25, 0.3) is 0 Å². The summed E-state index contributed by atoms with van der Waals surface area (Å²) in [5.74, 6) is -0.187. The molecule has 1 aromatic rings. The number of hydrogen-bond donors (Lipinski definition) is 1. The molecule has 20 heavy (non-hydrogen) atoms. The lowest BCUT2D eigenvalue weighted by Gasteiger charge is -2.14. The molecule has 1 aliphatic heterocycles. The maximum absolute atomic E-state index is 13.0. The van der Waals surface area contributed by atoms with Crippen molar-refractivity contribution in [2.75, 3.05) is 6.54 Å². The van der Waals surface area contributed by atoms with Gasteiger partial charge in [-0.05, 0) is 47.8 Å². The van der Waals surface area contributed by atoms with Crippen LogP contribution in [0.5, 0.6) is 0 Å². The second-order valence-corrected chi connectivity index (χ2v) is 5.11. The minimum Gasteiger partial charge on any atom is -0.387 e. The molecule has 0 bridgehead atoms. The van der Waals surface area contributed by atoms with Gasteiger partial charge in [-0.25, -0.2) is 4.39 Å². The largest absolute Gasteiger partial charge is 0.387 e. The zero-order valence-corrected chi connectivity index (χ0v) is 12.2. The van der Waals surface area contributed by atoms with E-state index in [1.54, 1.807) is 0 Å². The molecule has 1 aliphatic rings. The molecular weight excluding hydrogens is 249 g/mol. The average molecular weight is 271 g/mol. The summed E-state index contributed by atoms with van der Waals surface area (Å²) < 4.78 is 13.0. The van der Waals surface area contributed by atoms with Crippen LogP contribution in [-0.2, 0) is 0 Å². The first kappa shape index (κ1) is 14.6. The fourth-order valence-corrected chi connectivity index (χ4v) is 2.45. The fourth-order valence-electron chi connectivity index (χ4n) is 2.45. The molecule has 0 spiro atoms. The van der Waals surface area contributed by atoms with Gasteiger partial charge in [-0.1, -0.05) is 44.1 Å². The van der Waals surface area contributed by atoms with Crippen molar-refractivity contribution >= 4 is 5.57 Å². The first-order valence-electron chi connectivity index (χ1n) is 7.32. The van der Waals surface area contributed by atoms with E-state index in [9.17, 15) is 4.39 Å². The van der Waals surface area contributed by atoms with E-state index in [0.717, 1.165) is 24.9 Å². The second kappa shape index (κ2) is 7.09. The summed E-state index contributed by atoms with van der Waals surface area (Å²) in [5, 5.41) is 3.32. The summed E-state index contributed by atoms with van der Waals surface area (Å²) in [4.78, 5) is 0. The van der Waals surface area contributed by atoms with Crippen molar-refractivity contribution in [1.29, 1.82) is 0 Å². The van der Waals surface area contributed by atoms with Gasteiger partial charge in [-0.15, -0.1) is 0 Å². The Morgan fingerprint density at radius 3 is 2.65 bits per heavy atom. The topological polar surface area (TPSA) is 12.0 Å². The summed E-state index contributed by atoms with van der Waals surface area (Å²) in [6.07, 6.45) is 9.74. The zero-order chi connectivity index (χ0) is 14.4. The summed E-state index contributed by atoms with van der Waals surface area (Å²) >= 11 is 0. The quantitative estimate of drug-likeness (QED) is 0.808. The summed E-state index contributed by atoms with van der Waals surface area (Å²) in [7, 11) is 0. The zero-order valence-electron chi connectivity index (χ0n) is 12.2. The highest BCUT2D eigenvalue weighted by molar-refractivity contribution is 5.69. The van der Waals surface area contributed by atoms with Crippen molar-refractivity contribution in [3.8, 4) is 0 Å². The van der Waals surface area contributed by atoms with Gasteiger partial charge < -0.3 is 5.32 Å². The number of hydrogen-bond acceptors (Lipinski definition) is 1. The molecule has 2 heteroatoms. The number of benzene rings is 1. The van der Waals surface area contributed by atoms with Crippen LogP contribution in [0.3, 0.4) is 0 Å². The third kappa shape index (κ3) is 3.83. The second-order valence-electron chi connectivity index (χ2n) is 5.11. The van der Waals surface area contributed by atoms with Gasteiger partial charge >= 0.3 is 0 Å². The van der Waals surface area contributed by atoms with E-state index in [2.05, 4.69) is 37.5 Å². The molecule has 0 fully saturated rings. The van der Waals surface area contributed by atoms with Crippen LogP contribution < -0.4 is 5.32 Å². The molecule has 1 heterocycles. The van der Waals surface area contributed by atoms with E-state index >= 15 is 0 Å². The predicted octanol–water partition coefficient (Wildman–Crippen LogP) is 4.83. The van der Waals surface area contributed by atoms with Gasteiger partial charge in [0.05, 0.1) is 0 Å². The van der Waals surface area contributed by atoms with Crippen molar-refractivity contribution in [3.63, 3.8) is 0 Å². The minimum absolute atomic E-state index is 0.187. The average Bonchev–Trinajstić information content (AvgIpc) is 2.47. The third-order valence-corrected chi connectivity index (χ3v) is 3.48. The fraction of sp³-hybridized carbons (Fsp3) is 0.333. The molecule has 2 rings (SSSR count). The van der Waals surface area contributed by atoms with Gasteiger partial charge in [0, 0.05) is 12.7 Å². The Kier molecular flexibility index (Phi) is 5.16. The van der Waals surface area contributed by atoms with Crippen LogP contribution in [0.15, 0.2) is 53.8 Å². The standard InChI is InChI=1S/C18H22FN/c1-3-5-14-10-15(13-20-12-14)11-16(4-2)17-6-8-18(19)9-7-17/h6-11,13,20H,3-5,12H2,1-2H3/b16-11+. The lowest BCUT2D eigenvalue weighted by molar-refractivity contribution is 0.627. The molecule has 0 saturated carbocycles. The summed E-state index contributed by atoms with van der Waals surface area (Å²) in [5.41, 5.74) is 4.95. The molecule has 1 aromatic carbocycles. The van der Waals surface area contributed by atoms with Crippen LogP contribution in [0, 0.1) is 5.82 Å². The highest BCUT2D eigenvalue weighted by Crippen LogP contribution is 2.22. The Labute approximate surface area is 120 Å². The molecular formula is C18H22FN. The smallest absolute Gasteiger partial charge is 0.123 e. The number of dihydropyridines is 1. The molecule has 0 amide bonds. The Morgan fingerprint density at radius 1 is 1.25 bits per heavy atom. The predicted molar refractivity (Wildman–Crippen MR) is 83.7 cm³/mol. The van der Waals surface area contributed by atoms with Gasteiger partial charge in [0.1, 0.15) is 5.82 Å². The molecule has 0 unspecified atom stereocenters. The number of allylic oxidation sites excluding steroid dienone is 4. The van der Waals surface area contributed by atoms with Crippen molar-refractivity contribution in [1.82, 2.24) is 5.32 Å². The maximum Gasteiger partial charge on any atom is 0.123 e. The summed E-state index contributed by atoms with van der Waals surface area (Å²) in [6, 6.07) is 6.73.